The molecule has 0 aliphatic carbocycles. The molecule has 1 aromatic carbocycles. The predicted octanol–water partition coefficient (Wildman–Crippen LogP) is 3.74. The van der Waals surface area contributed by atoms with Crippen LogP contribution in [0.1, 0.15) is 34.3 Å². The average Bonchev–Trinajstić information content (AvgIpc) is 3.29. The van der Waals surface area contributed by atoms with E-state index in [1.54, 1.807) is 65.9 Å². The van der Waals surface area contributed by atoms with E-state index in [0.29, 0.717) is 34.3 Å². The molecule has 0 bridgehead atoms. The molecule has 136 valence electrons. The van der Waals surface area contributed by atoms with Crippen LogP contribution in [0.25, 0.3) is 0 Å². The van der Waals surface area contributed by atoms with E-state index in [4.69, 9.17) is 16.0 Å². The van der Waals surface area contributed by atoms with Crippen LogP contribution in [-0.4, -0.2) is 16.8 Å². The molecule has 4 rings (SSSR count). The lowest BCUT2D eigenvalue weighted by molar-refractivity contribution is -0.121. The van der Waals surface area contributed by atoms with Gasteiger partial charge < -0.3 is 9.73 Å². The highest BCUT2D eigenvalue weighted by atomic mass is 35.5. The third kappa shape index (κ3) is 3.44. The smallest absolute Gasteiger partial charge is 0.260 e. The zero-order valence-corrected chi connectivity index (χ0v) is 15.0. The van der Waals surface area contributed by atoms with Crippen LogP contribution >= 0.6 is 11.6 Å². The molecule has 0 spiro atoms. The molecule has 0 radical (unpaired) electrons. The van der Waals surface area contributed by atoms with Gasteiger partial charge in [-0.15, -0.1) is 0 Å². The number of rotatable bonds is 5. The Labute approximate surface area is 160 Å². The lowest BCUT2D eigenvalue weighted by atomic mass is 10.1. The first-order valence-corrected chi connectivity index (χ1v) is 8.84. The molecular weight excluding hydrogens is 366 g/mol. The van der Waals surface area contributed by atoms with Gasteiger partial charge in [0.15, 0.2) is 0 Å². The molecule has 7 heteroatoms. The number of fused-ring (bicyclic) bond motifs is 1. The number of amides is 2. The molecule has 0 unspecified atom stereocenters. The Kier molecular flexibility index (Phi) is 4.64. The van der Waals surface area contributed by atoms with Crippen LogP contribution in [0.4, 0.5) is 5.69 Å². The number of furan rings is 1. The number of halogens is 1. The second-order valence-electron chi connectivity index (χ2n) is 6.16. The van der Waals surface area contributed by atoms with Crippen molar-refractivity contribution in [3.05, 3.63) is 83.0 Å². The molecular formula is C20H16ClN3O3. The maximum Gasteiger partial charge on any atom is 0.260 e. The molecule has 0 saturated carbocycles. The minimum atomic E-state index is -0.480. The molecule has 1 aliphatic heterocycles. The van der Waals surface area contributed by atoms with Gasteiger partial charge in [0, 0.05) is 16.9 Å². The molecule has 1 N–H and O–H groups in total. The molecule has 3 heterocycles. The number of pyridine rings is 1. The first kappa shape index (κ1) is 17.3. The van der Waals surface area contributed by atoms with Crippen LogP contribution < -0.4 is 10.2 Å². The minimum absolute atomic E-state index is 0.0963. The lowest BCUT2D eigenvalue weighted by Gasteiger charge is -2.24. The monoisotopic (exact) mass is 381 g/mol. The summed E-state index contributed by atoms with van der Waals surface area (Å²) >= 11 is 5.97. The van der Waals surface area contributed by atoms with Gasteiger partial charge in [-0.05, 0) is 48.5 Å². The summed E-state index contributed by atoms with van der Waals surface area (Å²) < 4.78 is 5.22. The van der Waals surface area contributed by atoms with Crippen molar-refractivity contribution in [1.29, 1.82) is 0 Å². The van der Waals surface area contributed by atoms with Gasteiger partial charge >= 0.3 is 0 Å². The summed E-state index contributed by atoms with van der Waals surface area (Å²) in [7, 11) is 0. The van der Waals surface area contributed by atoms with Gasteiger partial charge in [-0.25, -0.2) is 0 Å². The first-order chi connectivity index (χ1) is 13.1. The topological polar surface area (TPSA) is 75.4 Å². The summed E-state index contributed by atoms with van der Waals surface area (Å²) in [6, 6.07) is 13.5. The Balaban J connectivity index is 1.59. The molecule has 27 heavy (non-hydrogen) atoms. The van der Waals surface area contributed by atoms with Crippen molar-refractivity contribution in [2.45, 2.75) is 19.0 Å². The average molecular weight is 382 g/mol. The number of benzene rings is 1. The highest BCUT2D eigenvalue weighted by Gasteiger charge is 2.39. The minimum Gasteiger partial charge on any atom is -0.467 e. The third-order valence-electron chi connectivity index (χ3n) is 4.44. The van der Waals surface area contributed by atoms with Crippen molar-refractivity contribution in [3.63, 3.8) is 0 Å². The van der Waals surface area contributed by atoms with Gasteiger partial charge in [0.1, 0.15) is 5.76 Å². The van der Waals surface area contributed by atoms with Crippen molar-refractivity contribution >= 4 is 29.1 Å². The zero-order valence-electron chi connectivity index (χ0n) is 14.3. The quantitative estimate of drug-likeness (QED) is 0.730. The number of hydrogen-bond acceptors (Lipinski definition) is 4. The standard InChI is InChI=1S/C20H16ClN3O3/c21-13-5-7-14(8-6-13)24-17(19-16(20(24)26)4-1-9-22-19)11-18(25)23-12-15-3-2-10-27-15/h1-10,17H,11-12H2,(H,23,25)/t17-/m1/s1. The molecule has 0 saturated heterocycles. The van der Waals surface area contributed by atoms with Crippen LogP contribution in [0.15, 0.2) is 65.4 Å². The zero-order chi connectivity index (χ0) is 18.8. The summed E-state index contributed by atoms with van der Waals surface area (Å²) in [6.07, 6.45) is 3.28. The maximum atomic E-state index is 12.9. The van der Waals surface area contributed by atoms with Crippen LogP contribution in [-0.2, 0) is 11.3 Å². The highest BCUT2D eigenvalue weighted by molar-refractivity contribution is 6.30. The third-order valence-corrected chi connectivity index (χ3v) is 4.69. The fourth-order valence-electron chi connectivity index (χ4n) is 3.19. The van der Waals surface area contributed by atoms with E-state index in [2.05, 4.69) is 10.3 Å². The Hall–Kier alpha value is -3.12. The number of carbonyl (C=O) groups excluding carboxylic acids is 2. The second-order valence-corrected chi connectivity index (χ2v) is 6.60. The van der Waals surface area contributed by atoms with E-state index in [1.165, 1.54) is 0 Å². The molecule has 6 nitrogen and oxygen atoms in total. The van der Waals surface area contributed by atoms with Gasteiger partial charge in [0.2, 0.25) is 5.91 Å². The van der Waals surface area contributed by atoms with E-state index in [-0.39, 0.29) is 18.2 Å². The first-order valence-electron chi connectivity index (χ1n) is 8.46. The van der Waals surface area contributed by atoms with Crippen molar-refractivity contribution in [2.24, 2.45) is 0 Å². The maximum absolute atomic E-state index is 12.9. The molecule has 0 fully saturated rings. The van der Waals surface area contributed by atoms with Gasteiger partial charge in [-0.1, -0.05) is 11.6 Å². The van der Waals surface area contributed by atoms with Crippen molar-refractivity contribution in [2.75, 3.05) is 4.90 Å². The van der Waals surface area contributed by atoms with Crippen LogP contribution in [0.3, 0.4) is 0 Å². The van der Waals surface area contributed by atoms with Gasteiger partial charge in [0.05, 0.1) is 36.5 Å². The Bertz CT molecular complexity index is 970. The number of nitrogens with zero attached hydrogens (tertiary/aromatic N) is 2. The normalized spacial score (nSPS) is 15.7. The molecule has 2 amide bonds. The SMILES string of the molecule is O=C(C[C@@H]1c2ncccc2C(=O)N1c1ccc(Cl)cc1)NCc1ccco1. The number of anilines is 1. The summed E-state index contributed by atoms with van der Waals surface area (Å²) in [5.41, 5.74) is 1.79. The van der Waals surface area contributed by atoms with E-state index in [9.17, 15) is 9.59 Å². The van der Waals surface area contributed by atoms with Crippen molar-refractivity contribution in [1.82, 2.24) is 10.3 Å². The largest absolute Gasteiger partial charge is 0.467 e. The molecule has 3 aromatic rings. The molecule has 2 aromatic heterocycles. The Morgan fingerprint density at radius 1 is 1.19 bits per heavy atom. The van der Waals surface area contributed by atoms with Gasteiger partial charge in [-0.3, -0.25) is 19.5 Å². The predicted molar refractivity (Wildman–Crippen MR) is 100 cm³/mol. The molecule has 1 aliphatic rings. The van der Waals surface area contributed by atoms with Crippen LogP contribution in [0.5, 0.6) is 0 Å². The van der Waals surface area contributed by atoms with Crippen molar-refractivity contribution in [3.8, 4) is 0 Å². The second kappa shape index (κ2) is 7.25. The summed E-state index contributed by atoms with van der Waals surface area (Å²) in [5, 5.41) is 3.40. The number of carbonyl (C=O) groups is 2. The van der Waals surface area contributed by atoms with Crippen LogP contribution in [0.2, 0.25) is 5.02 Å². The lowest BCUT2D eigenvalue weighted by Crippen LogP contribution is -2.32. The molecule has 1 atom stereocenters. The van der Waals surface area contributed by atoms with Gasteiger partial charge in [-0.2, -0.15) is 0 Å². The van der Waals surface area contributed by atoms with E-state index in [1.807, 2.05) is 0 Å². The fourth-order valence-corrected chi connectivity index (χ4v) is 3.32. The number of aromatic nitrogens is 1. The number of nitrogens with one attached hydrogen (secondary N) is 1. The van der Waals surface area contributed by atoms with Gasteiger partial charge in [0.25, 0.3) is 5.91 Å². The van der Waals surface area contributed by atoms with Crippen LogP contribution in [0, 0.1) is 0 Å². The van der Waals surface area contributed by atoms with Crippen molar-refractivity contribution < 1.29 is 14.0 Å². The highest BCUT2D eigenvalue weighted by Crippen LogP contribution is 2.38. The Morgan fingerprint density at radius 3 is 2.74 bits per heavy atom. The fraction of sp³-hybridized carbons (Fsp3) is 0.150. The summed E-state index contributed by atoms with van der Waals surface area (Å²) in [6.45, 7) is 0.294. The number of hydrogen-bond donors (Lipinski definition) is 1. The van der Waals surface area contributed by atoms with E-state index < -0.39 is 6.04 Å². The van der Waals surface area contributed by atoms with E-state index >= 15 is 0 Å². The summed E-state index contributed by atoms with van der Waals surface area (Å²) in [4.78, 5) is 31.4. The Morgan fingerprint density at radius 2 is 2.00 bits per heavy atom. The summed E-state index contributed by atoms with van der Waals surface area (Å²) in [5.74, 6) is 0.296. The van der Waals surface area contributed by atoms with E-state index in [0.717, 1.165) is 0 Å².